The zero-order valence-electron chi connectivity index (χ0n) is 11.0. The average molecular weight is 283 g/mol. The smallest absolute Gasteiger partial charge is 0.124 e. The Morgan fingerprint density at radius 2 is 2.00 bits per heavy atom. The quantitative estimate of drug-likeness (QED) is 0.494. The molecule has 1 aromatic rings. The molecule has 19 heavy (non-hydrogen) atoms. The third-order valence-electron chi connectivity index (χ3n) is 3.64. The minimum absolute atomic E-state index is 0.119. The molecule has 2 rings (SSSR count). The van der Waals surface area contributed by atoms with Crippen molar-refractivity contribution in [3.8, 4) is 0 Å². The molecule has 0 saturated heterocycles. The summed E-state index contributed by atoms with van der Waals surface area (Å²) < 4.78 is 13.1. The molecule has 0 saturated carbocycles. The highest BCUT2D eigenvalue weighted by Crippen LogP contribution is 2.32. The average Bonchev–Trinajstić information content (AvgIpc) is 2.34. The molecule has 0 aromatic heterocycles. The molecule has 0 heterocycles. The van der Waals surface area contributed by atoms with Gasteiger partial charge >= 0.3 is 0 Å². The van der Waals surface area contributed by atoms with Crippen molar-refractivity contribution in [1.82, 2.24) is 5.43 Å². The van der Waals surface area contributed by atoms with Crippen LogP contribution in [0.15, 0.2) is 29.8 Å². The van der Waals surface area contributed by atoms with Crippen molar-refractivity contribution < 1.29 is 4.39 Å². The molecule has 1 atom stereocenters. The van der Waals surface area contributed by atoms with Crippen LogP contribution in [0.4, 0.5) is 4.39 Å². The maximum atomic E-state index is 13.1. The van der Waals surface area contributed by atoms with Crippen LogP contribution in [0.2, 0.25) is 5.02 Å². The summed E-state index contributed by atoms with van der Waals surface area (Å²) >= 11 is 6.13. The predicted octanol–water partition coefficient (Wildman–Crippen LogP) is 4.26. The number of hydrogen-bond donors (Lipinski definition) is 2. The van der Waals surface area contributed by atoms with Crippen molar-refractivity contribution in [3.63, 3.8) is 0 Å². The monoisotopic (exact) mass is 282 g/mol. The van der Waals surface area contributed by atoms with E-state index in [0.717, 1.165) is 18.4 Å². The van der Waals surface area contributed by atoms with Crippen LogP contribution in [-0.2, 0) is 0 Å². The van der Waals surface area contributed by atoms with Crippen LogP contribution in [0.1, 0.15) is 50.1 Å². The molecule has 3 N–H and O–H groups in total. The topological polar surface area (TPSA) is 38.0 Å². The molecule has 0 fully saturated rings. The third kappa shape index (κ3) is 3.78. The number of rotatable bonds is 3. The van der Waals surface area contributed by atoms with Gasteiger partial charge in [0.2, 0.25) is 0 Å². The van der Waals surface area contributed by atoms with Crippen molar-refractivity contribution in [3.05, 3.63) is 46.3 Å². The van der Waals surface area contributed by atoms with E-state index in [1.807, 2.05) is 0 Å². The van der Waals surface area contributed by atoms with Crippen molar-refractivity contribution in [2.45, 2.75) is 44.6 Å². The summed E-state index contributed by atoms with van der Waals surface area (Å²) in [6.07, 6.45) is 9.28. The Hall–Kier alpha value is -0.900. The van der Waals surface area contributed by atoms with E-state index in [9.17, 15) is 4.39 Å². The third-order valence-corrected chi connectivity index (χ3v) is 3.96. The first-order valence-corrected chi connectivity index (χ1v) is 7.20. The maximum absolute atomic E-state index is 13.1. The van der Waals surface area contributed by atoms with Gasteiger partial charge < -0.3 is 0 Å². The van der Waals surface area contributed by atoms with Crippen molar-refractivity contribution in [2.24, 2.45) is 5.84 Å². The lowest BCUT2D eigenvalue weighted by Crippen LogP contribution is -2.30. The molecule has 1 aliphatic carbocycles. The van der Waals surface area contributed by atoms with E-state index < -0.39 is 0 Å². The van der Waals surface area contributed by atoms with Crippen LogP contribution in [-0.4, -0.2) is 0 Å². The Morgan fingerprint density at radius 3 is 2.74 bits per heavy atom. The molecular formula is C15H20ClFN2. The SMILES string of the molecule is NNC(/C1=C/CCCCCC1)c1ccc(F)cc1Cl. The first-order chi connectivity index (χ1) is 9.22. The lowest BCUT2D eigenvalue weighted by atomic mass is 9.91. The first kappa shape index (κ1) is 14.5. The van der Waals surface area contributed by atoms with Gasteiger partial charge in [-0.15, -0.1) is 0 Å². The lowest BCUT2D eigenvalue weighted by molar-refractivity contribution is 0.554. The highest BCUT2D eigenvalue weighted by molar-refractivity contribution is 6.31. The number of allylic oxidation sites excluding steroid dienone is 1. The molecule has 0 bridgehead atoms. The van der Waals surface area contributed by atoms with Gasteiger partial charge in [0.25, 0.3) is 0 Å². The molecule has 4 heteroatoms. The van der Waals surface area contributed by atoms with E-state index in [1.165, 1.54) is 43.4 Å². The molecule has 0 aliphatic heterocycles. The standard InChI is InChI=1S/C15H20ClFN2/c16-14-10-12(17)8-9-13(14)15(19-18)11-6-4-2-1-3-5-7-11/h6,8-10,15,19H,1-5,7,18H2/b11-6+. The van der Waals surface area contributed by atoms with E-state index in [0.29, 0.717) is 5.02 Å². The predicted molar refractivity (Wildman–Crippen MR) is 77.3 cm³/mol. The molecule has 0 amide bonds. The molecular weight excluding hydrogens is 263 g/mol. The zero-order valence-corrected chi connectivity index (χ0v) is 11.7. The van der Waals surface area contributed by atoms with E-state index in [-0.39, 0.29) is 11.9 Å². The lowest BCUT2D eigenvalue weighted by Gasteiger charge is -2.23. The van der Waals surface area contributed by atoms with Gasteiger partial charge in [-0.3, -0.25) is 5.84 Å². The van der Waals surface area contributed by atoms with Gasteiger partial charge in [0.1, 0.15) is 5.82 Å². The van der Waals surface area contributed by atoms with E-state index in [2.05, 4.69) is 11.5 Å². The minimum atomic E-state index is -0.323. The summed E-state index contributed by atoms with van der Waals surface area (Å²) in [4.78, 5) is 0. The van der Waals surface area contributed by atoms with Crippen molar-refractivity contribution in [1.29, 1.82) is 0 Å². The van der Waals surface area contributed by atoms with Gasteiger partial charge in [-0.1, -0.05) is 42.2 Å². The van der Waals surface area contributed by atoms with Crippen LogP contribution >= 0.6 is 11.6 Å². The van der Waals surface area contributed by atoms with Crippen LogP contribution in [0.25, 0.3) is 0 Å². The Morgan fingerprint density at radius 1 is 1.21 bits per heavy atom. The number of halogens is 2. The second-order valence-corrected chi connectivity index (χ2v) is 5.40. The number of hydrazine groups is 1. The van der Waals surface area contributed by atoms with Crippen LogP contribution < -0.4 is 11.3 Å². The summed E-state index contributed by atoms with van der Waals surface area (Å²) in [5.41, 5.74) is 4.93. The van der Waals surface area contributed by atoms with Gasteiger partial charge in [0, 0.05) is 5.02 Å². The van der Waals surface area contributed by atoms with Crippen LogP contribution in [0, 0.1) is 5.82 Å². The maximum Gasteiger partial charge on any atom is 0.124 e. The highest BCUT2D eigenvalue weighted by atomic mass is 35.5. The Kier molecular flexibility index (Phi) is 5.37. The van der Waals surface area contributed by atoms with Crippen molar-refractivity contribution >= 4 is 11.6 Å². The largest absolute Gasteiger partial charge is 0.271 e. The number of nitrogens with two attached hydrogens (primary N) is 1. The molecule has 1 unspecified atom stereocenters. The molecule has 1 aliphatic rings. The molecule has 0 spiro atoms. The van der Waals surface area contributed by atoms with Crippen LogP contribution in [0.5, 0.6) is 0 Å². The van der Waals surface area contributed by atoms with Gasteiger partial charge in [-0.05, 0) is 43.4 Å². The van der Waals surface area contributed by atoms with Crippen molar-refractivity contribution in [2.75, 3.05) is 0 Å². The summed E-state index contributed by atoms with van der Waals surface area (Å²) in [6.45, 7) is 0. The van der Waals surface area contributed by atoms with Gasteiger partial charge in [0.05, 0.1) is 6.04 Å². The normalized spacial score (nSPS) is 21.1. The molecule has 104 valence electrons. The Bertz CT molecular complexity index is 459. The van der Waals surface area contributed by atoms with Crippen LogP contribution in [0.3, 0.4) is 0 Å². The van der Waals surface area contributed by atoms with E-state index in [1.54, 1.807) is 6.07 Å². The fourth-order valence-corrected chi connectivity index (χ4v) is 2.89. The Labute approximate surface area is 118 Å². The number of hydrogen-bond acceptors (Lipinski definition) is 2. The molecule has 1 aromatic carbocycles. The van der Waals surface area contributed by atoms with Gasteiger partial charge in [0.15, 0.2) is 0 Å². The summed E-state index contributed by atoms with van der Waals surface area (Å²) in [6, 6.07) is 4.35. The summed E-state index contributed by atoms with van der Waals surface area (Å²) in [5, 5.41) is 0.422. The summed E-state index contributed by atoms with van der Waals surface area (Å²) in [5.74, 6) is 5.37. The zero-order chi connectivity index (χ0) is 13.7. The number of benzene rings is 1. The van der Waals surface area contributed by atoms with E-state index in [4.69, 9.17) is 17.4 Å². The van der Waals surface area contributed by atoms with Gasteiger partial charge in [-0.25, -0.2) is 9.82 Å². The Balaban J connectivity index is 2.27. The fraction of sp³-hybridized carbons (Fsp3) is 0.467. The first-order valence-electron chi connectivity index (χ1n) is 6.82. The molecule has 2 nitrogen and oxygen atoms in total. The highest BCUT2D eigenvalue weighted by Gasteiger charge is 2.18. The summed E-state index contributed by atoms with van der Waals surface area (Å²) in [7, 11) is 0. The fourth-order valence-electron chi connectivity index (χ4n) is 2.61. The number of nitrogens with one attached hydrogen (secondary N) is 1. The minimum Gasteiger partial charge on any atom is -0.271 e. The second kappa shape index (κ2) is 7.04. The van der Waals surface area contributed by atoms with E-state index >= 15 is 0 Å². The second-order valence-electron chi connectivity index (χ2n) is 5.00. The van der Waals surface area contributed by atoms with Gasteiger partial charge in [-0.2, -0.15) is 0 Å². The molecule has 0 radical (unpaired) electrons.